The normalized spacial score (nSPS) is 11.9. The predicted molar refractivity (Wildman–Crippen MR) is 77.0 cm³/mol. The van der Waals surface area contributed by atoms with Gasteiger partial charge in [0.05, 0.1) is 6.10 Å². The fourth-order valence-electron chi connectivity index (χ4n) is 2.09. The lowest BCUT2D eigenvalue weighted by Crippen LogP contribution is -2.28. The van der Waals surface area contributed by atoms with E-state index in [4.69, 9.17) is 5.73 Å². The van der Waals surface area contributed by atoms with Crippen molar-refractivity contribution in [2.75, 3.05) is 6.54 Å². The average Bonchev–Trinajstić information content (AvgIpc) is 2.41. The van der Waals surface area contributed by atoms with Crippen LogP contribution in [0.5, 0.6) is 0 Å². The summed E-state index contributed by atoms with van der Waals surface area (Å²) in [7, 11) is 0. The van der Waals surface area contributed by atoms with E-state index in [2.05, 4.69) is 0 Å². The Morgan fingerprint density at radius 1 is 0.833 bits per heavy atom. The van der Waals surface area contributed by atoms with Crippen LogP contribution >= 0.6 is 12.4 Å². The first-order valence-corrected chi connectivity index (χ1v) is 5.81. The molecule has 0 bridgehead atoms. The maximum absolute atomic E-state index is 10.1. The van der Waals surface area contributed by atoms with E-state index in [9.17, 15) is 5.11 Å². The summed E-state index contributed by atoms with van der Waals surface area (Å²) >= 11 is 0. The molecule has 0 aromatic heterocycles. The molecule has 0 aliphatic rings. The maximum atomic E-state index is 10.1. The molecule has 0 aliphatic carbocycles. The zero-order valence-corrected chi connectivity index (χ0v) is 10.9. The lowest BCUT2D eigenvalue weighted by molar-refractivity contribution is 0.164. The molecule has 2 nitrogen and oxygen atoms in total. The molecule has 96 valence electrons. The van der Waals surface area contributed by atoms with E-state index < -0.39 is 6.10 Å². The van der Waals surface area contributed by atoms with Crippen molar-refractivity contribution in [2.45, 2.75) is 12.0 Å². The summed E-state index contributed by atoms with van der Waals surface area (Å²) in [5.41, 5.74) is 7.79. The molecule has 18 heavy (non-hydrogen) atoms. The van der Waals surface area contributed by atoms with E-state index in [0.29, 0.717) is 0 Å². The van der Waals surface area contributed by atoms with Gasteiger partial charge in [-0.25, -0.2) is 0 Å². The van der Waals surface area contributed by atoms with E-state index in [-0.39, 0.29) is 24.9 Å². The van der Waals surface area contributed by atoms with Crippen LogP contribution in [0.15, 0.2) is 60.7 Å². The number of benzene rings is 2. The summed E-state index contributed by atoms with van der Waals surface area (Å²) in [5.74, 6) is -0.0533. The van der Waals surface area contributed by atoms with Gasteiger partial charge in [-0.1, -0.05) is 60.7 Å². The van der Waals surface area contributed by atoms with Gasteiger partial charge in [0, 0.05) is 12.5 Å². The second kappa shape index (κ2) is 7.17. The highest BCUT2D eigenvalue weighted by atomic mass is 35.5. The van der Waals surface area contributed by atoms with Crippen molar-refractivity contribution in [2.24, 2.45) is 5.73 Å². The molecule has 0 spiro atoms. The Labute approximate surface area is 114 Å². The number of rotatable bonds is 4. The molecular weight excluding hydrogens is 246 g/mol. The van der Waals surface area contributed by atoms with Gasteiger partial charge in [-0.3, -0.25) is 0 Å². The maximum Gasteiger partial charge on any atom is 0.0771 e. The van der Waals surface area contributed by atoms with Gasteiger partial charge in [0.2, 0.25) is 0 Å². The van der Waals surface area contributed by atoms with Crippen LogP contribution in [-0.4, -0.2) is 17.8 Å². The molecule has 0 radical (unpaired) electrons. The smallest absolute Gasteiger partial charge is 0.0771 e. The molecule has 2 aromatic carbocycles. The summed E-state index contributed by atoms with van der Waals surface area (Å²) in [6.45, 7) is 0.258. The zero-order valence-electron chi connectivity index (χ0n) is 10.1. The standard InChI is InChI=1S/C15H17NO.ClH/c16-11-14(17)15(12-7-3-1-4-8-12)13-9-5-2-6-10-13;/h1-10,14-15,17H,11,16H2;1H. The van der Waals surface area contributed by atoms with Crippen molar-refractivity contribution in [3.8, 4) is 0 Å². The highest BCUT2D eigenvalue weighted by molar-refractivity contribution is 5.85. The minimum absolute atomic E-state index is 0. The Morgan fingerprint density at radius 2 is 1.22 bits per heavy atom. The molecule has 3 heteroatoms. The molecule has 2 aromatic rings. The monoisotopic (exact) mass is 263 g/mol. The van der Waals surface area contributed by atoms with Gasteiger partial charge in [0.1, 0.15) is 0 Å². The van der Waals surface area contributed by atoms with Gasteiger partial charge in [0.25, 0.3) is 0 Å². The number of hydrogen-bond donors (Lipinski definition) is 2. The topological polar surface area (TPSA) is 46.2 Å². The van der Waals surface area contributed by atoms with Crippen LogP contribution in [0.25, 0.3) is 0 Å². The largest absolute Gasteiger partial charge is 0.391 e. The lowest BCUT2D eigenvalue weighted by Gasteiger charge is -2.22. The van der Waals surface area contributed by atoms with Crippen molar-refractivity contribution in [3.63, 3.8) is 0 Å². The first-order chi connectivity index (χ1) is 8.33. The minimum Gasteiger partial charge on any atom is -0.391 e. The Hall–Kier alpha value is -1.35. The van der Waals surface area contributed by atoms with E-state index in [1.165, 1.54) is 0 Å². The lowest BCUT2D eigenvalue weighted by atomic mass is 9.87. The fraction of sp³-hybridized carbons (Fsp3) is 0.200. The van der Waals surface area contributed by atoms with Crippen LogP contribution in [0.2, 0.25) is 0 Å². The molecule has 3 N–H and O–H groups in total. The third-order valence-corrected chi connectivity index (χ3v) is 2.94. The number of aliphatic hydroxyl groups excluding tert-OH is 1. The number of aliphatic hydroxyl groups is 1. The second-order valence-corrected chi connectivity index (χ2v) is 4.10. The second-order valence-electron chi connectivity index (χ2n) is 4.10. The van der Waals surface area contributed by atoms with E-state index in [0.717, 1.165) is 11.1 Å². The summed E-state index contributed by atoms with van der Waals surface area (Å²) < 4.78 is 0. The van der Waals surface area contributed by atoms with Crippen molar-refractivity contribution in [3.05, 3.63) is 71.8 Å². The third-order valence-electron chi connectivity index (χ3n) is 2.94. The third kappa shape index (κ3) is 3.33. The van der Waals surface area contributed by atoms with E-state index in [1.807, 2.05) is 60.7 Å². The highest BCUT2D eigenvalue weighted by Crippen LogP contribution is 2.27. The molecular formula is C15H18ClNO. The summed E-state index contributed by atoms with van der Waals surface area (Å²) in [5, 5.41) is 10.1. The Bertz CT molecular complexity index is 407. The highest BCUT2D eigenvalue weighted by Gasteiger charge is 2.21. The SMILES string of the molecule is Cl.NCC(O)C(c1ccccc1)c1ccccc1. The van der Waals surface area contributed by atoms with Crippen LogP contribution in [0.3, 0.4) is 0 Å². The van der Waals surface area contributed by atoms with Gasteiger partial charge in [-0.2, -0.15) is 0 Å². The van der Waals surface area contributed by atoms with Crippen molar-refractivity contribution < 1.29 is 5.11 Å². The van der Waals surface area contributed by atoms with E-state index in [1.54, 1.807) is 0 Å². The molecule has 0 saturated carbocycles. The van der Waals surface area contributed by atoms with Crippen molar-refractivity contribution >= 4 is 12.4 Å². The number of halogens is 1. The van der Waals surface area contributed by atoms with Crippen LogP contribution < -0.4 is 5.73 Å². The molecule has 0 fully saturated rings. The van der Waals surface area contributed by atoms with Crippen LogP contribution in [0.1, 0.15) is 17.0 Å². The van der Waals surface area contributed by atoms with Crippen LogP contribution in [0.4, 0.5) is 0 Å². The van der Waals surface area contributed by atoms with Gasteiger partial charge < -0.3 is 10.8 Å². The predicted octanol–water partition coefficient (Wildman–Crippen LogP) is 2.56. The van der Waals surface area contributed by atoms with Gasteiger partial charge >= 0.3 is 0 Å². The molecule has 0 heterocycles. The average molecular weight is 264 g/mol. The van der Waals surface area contributed by atoms with Crippen LogP contribution in [-0.2, 0) is 0 Å². The summed E-state index contributed by atoms with van der Waals surface area (Å²) in [6.07, 6.45) is -0.556. The molecule has 0 saturated heterocycles. The molecule has 1 unspecified atom stereocenters. The Balaban J connectivity index is 0.00000162. The Morgan fingerprint density at radius 3 is 1.56 bits per heavy atom. The van der Waals surface area contributed by atoms with Crippen molar-refractivity contribution in [1.82, 2.24) is 0 Å². The van der Waals surface area contributed by atoms with Gasteiger partial charge in [0.15, 0.2) is 0 Å². The molecule has 1 atom stereocenters. The number of nitrogens with two attached hydrogens (primary N) is 1. The molecule has 0 amide bonds. The van der Waals surface area contributed by atoms with Crippen molar-refractivity contribution in [1.29, 1.82) is 0 Å². The quantitative estimate of drug-likeness (QED) is 0.891. The van der Waals surface area contributed by atoms with Gasteiger partial charge in [-0.15, -0.1) is 12.4 Å². The van der Waals surface area contributed by atoms with Crippen LogP contribution in [0, 0.1) is 0 Å². The first-order valence-electron chi connectivity index (χ1n) is 5.81. The molecule has 0 aliphatic heterocycles. The first kappa shape index (κ1) is 14.7. The Kier molecular flexibility index (Phi) is 5.86. The summed E-state index contributed by atoms with van der Waals surface area (Å²) in [6, 6.07) is 20.0. The minimum atomic E-state index is -0.556. The fourth-order valence-corrected chi connectivity index (χ4v) is 2.09. The zero-order chi connectivity index (χ0) is 12.1. The summed E-state index contributed by atoms with van der Waals surface area (Å²) in [4.78, 5) is 0. The van der Waals surface area contributed by atoms with Gasteiger partial charge in [-0.05, 0) is 11.1 Å². The number of hydrogen-bond acceptors (Lipinski definition) is 2. The molecule has 2 rings (SSSR count). The van der Waals surface area contributed by atoms with E-state index >= 15 is 0 Å².